The van der Waals surface area contributed by atoms with Crippen molar-refractivity contribution in [3.63, 3.8) is 0 Å². The summed E-state index contributed by atoms with van der Waals surface area (Å²) in [6.45, 7) is 2.13. The van der Waals surface area contributed by atoms with Gasteiger partial charge in [0, 0.05) is 35.9 Å². The highest BCUT2D eigenvalue weighted by Gasteiger charge is 2.09. The van der Waals surface area contributed by atoms with Gasteiger partial charge in [0.2, 0.25) is 0 Å². The molecule has 1 aromatic carbocycles. The Balaban J connectivity index is 2.25. The molecule has 0 aliphatic carbocycles. The molecule has 0 saturated heterocycles. The highest BCUT2D eigenvalue weighted by Crippen LogP contribution is 2.33. The zero-order valence-electron chi connectivity index (χ0n) is 10.7. The van der Waals surface area contributed by atoms with Gasteiger partial charge in [0.05, 0.1) is 0 Å². The van der Waals surface area contributed by atoms with Crippen LogP contribution in [-0.4, -0.2) is 9.97 Å². The highest BCUT2D eigenvalue weighted by molar-refractivity contribution is 5.84. The van der Waals surface area contributed by atoms with Crippen LogP contribution in [0.25, 0.3) is 22.3 Å². The monoisotopic (exact) mass is 246 g/mol. The maximum atomic E-state index is 4.22. The van der Waals surface area contributed by atoms with Crippen LogP contribution in [0.1, 0.15) is 5.56 Å². The summed E-state index contributed by atoms with van der Waals surface area (Å²) < 4.78 is 0. The number of aryl methyl sites for hydroxylation is 1. The van der Waals surface area contributed by atoms with Gasteiger partial charge in [-0.25, -0.2) is 0 Å². The van der Waals surface area contributed by atoms with Crippen molar-refractivity contribution in [3.05, 3.63) is 72.8 Å². The summed E-state index contributed by atoms with van der Waals surface area (Å²) in [6, 6.07) is 14.4. The van der Waals surface area contributed by atoms with Crippen molar-refractivity contribution < 1.29 is 0 Å². The summed E-state index contributed by atoms with van der Waals surface area (Å²) in [5, 5.41) is 0. The van der Waals surface area contributed by atoms with E-state index in [1.807, 2.05) is 24.5 Å². The number of aromatic nitrogens is 2. The SMILES string of the molecule is Cc1cccc(-c2cccnc2)c1-c1cccnc1. The Morgan fingerprint density at radius 1 is 0.737 bits per heavy atom. The van der Waals surface area contributed by atoms with Crippen molar-refractivity contribution in [3.8, 4) is 22.3 Å². The van der Waals surface area contributed by atoms with Gasteiger partial charge in [-0.05, 0) is 35.7 Å². The van der Waals surface area contributed by atoms with Crippen LogP contribution in [0, 0.1) is 6.92 Å². The second kappa shape index (κ2) is 5.02. The van der Waals surface area contributed by atoms with E-state index < -0.39 is 0 Å². The number of benzene rings is 1. The summed E-state index contributed by atoms with van der Waals surface area (Å²) in [5.74, 6) is 0. The van der Waals surface area contributed by atoms with E-state index in [0.29, 0.717) is 0 Å². The van der Waals surface area contributed by atoms with E-state index in [2.05, 4.69) is 47.2 Å². The molecule has 0 spiro atoms. The summed E-state index contributed by atoms with van der Waals surface area (Å²) >= 11 is 0. The van der Waals surface area contributed by atoms with Crippen molar-refractivity contribution in [2.75, 3.05) is 0 Å². The van der Waals surface area contributed by atoms with E-state index in [0.717, 1.165) is 11.1 Å². The van der Waals surface area contributed by atoms with Gasteiger partial charge in [-0.2, -0.15) is 0 Å². The Bertz CT molecular complexity index is 676. The molecule has 0 fully saturated rings. The molecular formula is C17H14N2. The van der Waals surface area contributed by atoms with Crippen LogP contribution in [0.5, 0.6) is 0 Å². The zero-order valence-corrected chi connectivity index (χ0v) is 10.7. The van der Waals surface area contributed by atoms with Crippen molar-refractivity contribution in [2.24, 2.45) is 0 Å². The minimum Gasteiger partial charge on any atom is -0.264 e. The maximum Gasteiger partial charge on any atom is 0.0346 e. The van der Waals surface area contributed by atoms with Crippen molar-refractivity contribution >= 4 is 0 Å². The molecule has 19 heavy (non-hydrogen) atoms. The molecular weight excluding hydrogens is 232 g/mol. The van der Waals surface area contributed by atoms with Gasteiger partial charge in [-0.3, -0.25) is 9.97 Å². The molecule has 0 aliphatic rings. The lowest BCUT2D eigenvalue weighted by molar-refractivity contribution is 1.31. The molecule has 2 aromatic heterocycles. The Kier molecular flexibility index (Phi) is 3.07. The topological polar surface area (TPSA) is 25.8 Å². The Hall–Kier alpha value is -2.48. The Morgan fingerprint density at radius 2 is 1.42 bits per heavy atom. The van der Waals surface area contributed by atoms with Crippen molar-refractivity contribution in [1.29, 1.82) is 0 Å². The quantitative estimate of drug-likeness (QED) is 0.679. The van der Waals surface area contributed by atoms with Crippen LogP contribution < -0.4 is 0 Å². The first-order valence-corrected chi connectivity index (χ1v) is 6.26. The highest BCUT2D eigenvalue weighted by atomic mass is 14.6. The fourth-order valence-corrected chi connectivity index (χ4v) is 2.32. The van der Waals surface area contributed by atoms with Crippen LogP contribution >= 0.6 is 0 Å². The van der Waals surface area contributed by atoms with Crippen molar-refractivity contribution in [1.82, 2.24) is 9.97 Å². The van der Waals surface area contributed by atoms with Gasteiger partial charge in [0.25, 0.3) is 0 Å². The third-order valence-electron chi connectivity index (χ3n) is 3.20. The molecule has 2 heteroatoms. The molecule has 3 rings (SSSR count). The van der Waals surface area contributed by atoms with Crippen LogP contribution in [0.15, 0.2) is 67.3 Å². The number of pyridine rings is 2. The smallest absolute Gasteiger partial charge is 0.0346 e. The van der Waals surface area contributed by atoms with E-state index in [-0.39, 0.29) is 0 Å². The molecule has 0 atom stereocenters. The second-order valence-corrected chi connectivity index (χ2v) is 4.48. The predicted molar refractivity (Wildman–Crippen MR) is 77.6 cm³/mol. The molecule has 3 aromatic rings. The minimum absolute atomic E-state index is 1.13. The average molecular weight is 246 g/mol. The molecule has 0 N–H and O–H groups in total. The summed E-state index contributed by atoms with van der Waals surface area (Å²) in [6.07, 6.45) is 7.39. The van der Waals surface area contributed by atoms with Gasteiger partial charge in [0.1, 0.15) is 0 Å². The Labute approximate surface area is 112 Å². The second-order valence-electron chi connectivity index (χ2n) is 4.48. The van der Waals surface area contributed by atoms with Crippen LogP contribution in [0.4, 0.5) is 0 Å². The molecule has 92 valence electrons. The first kappa shape index (κ1) is 11.6. The normalized spacial score (nSPS) is 10.4. The van der Waals surface area contributed by atoms with Gasteiger partial charge in [-0.15, -0.1) is 0 Å². The molecule has 0 bridgehead atoms. The number of rotatable bonds is 2. The molecule has 0 amide bonds. The van der Waals surface area contributed by atoms with E-state index in [1.165, 1.54) is 16.7 Å². The third kappa shape index (κ3) is 2.25. The van der Waals surface area contributed by atoms with Crippen molar-refractivity contribution in [2.45, 2.75) is 6.92 Å². The number of hydrogen-bond donors (Lipinski definition) is 0. The van der Waals surface area contributed by atoms with Gasteiger partial charge in [-0.1, -0.05) is 30.3 Å². The number of hydrogen-bond acceptors (Lipinski definition) is 2. The number of nitrogens with zero attached hydrogens (tertiary/aromatic N) is 2. The van der Waals surface area contributed by atoms with E-state index in [4.69, 9.17) is 0 Å². The average Bonchev–Trinajstić information content (AvgIpc) is 2.49. The minimum atomic E-state index is 1.13. The van der Waals surface area contributed by atoms with Crippen LogP contribution in [-0.2, 0) is 0 Å². The lowest BCUT2D eigenvalue weighted by Crippen LogP contribution is -1.90. The molecule has 2 nitrogen and oxygen atoms in total. The lowest BCUT2D eigenvalue weighted by Gasteiger charge is -2.12. The third-order valence-corrected chi connectivity index (χ3v) is 3.20. The Morgan fingerprint density at radius 3 is 2.05 bits per heavy atom. The lowest BCUT2D eigenvalue weighted by atomic mass is 9.92. The molecule has 0 saturated carbocycles. The zero-order chi connectivity index (χ0) is 13.1. The van der Waals surface area contributed by atoms with E-state index in [1.54, 1.807) is 12.4 Å². The largest absolute Gasteiger partial charge is 0.264 e. The maximum absolute atomic E-state index is 4.22. The molecule has 2 heterocycles. The first-order valence-electron chi connectivity index (χ1n) is 6.26. The standard InChI is InChI=1S/C17H14N2/c1-13-5-2-8-16(14-6-3-9-18-11-14)17(13)15-7-4-10-19-12-15/h2-12H,1H3. The summed E-state index contributed by atoms with van der Waals surface area (Å²) in [4.78, 5) is 8.43. The molecule has 0 unspecified atom stereocenters. The molecule has 0 radical (unpaired) electrons. The van der Waals surface area contributed by atoms with Gasteiger partial charge >= 0.3 is 0 Å². The van der Waals surface area contributed by atoms with E-state index >= 15 is 0 Å². The first-order chi connectivity index (χ1) is 9.36. The fourth-order valence-electron chi connectivity index (χ4n) is 2.32. The van der Waals surface area contributed by atoms with Gasteiger partial charge < -0.3 is 0 Å². The van der Waals surface area contributed by atoms with Crippen LogP contribution in [0.3, 0.4) is 0 Å². The summed E-state index contributed by atoms with van der Waals surface area (Å²) in [5.41, 5.74) is 5.93. The molecule has 0 aliphatic heterocycles. The predicted octanol–water partition coefficient (Wildman–Crippen LogP) is 4.12. The van der Waals surface area contributed by atoms with Gasteiger partial charge in [0.15, 0.2) is 0 Å². The fraction of sp³-hybridized carbons (Fsp3) is 0.0588. The van der Waals surface area contributed by atoms with E-state index in [9.17, 15) is 0 Å². The summed E-state index contributed by atoms with van der Waals surface area (Å²) in [7, 11) is 0. The van der Waals surface area contributed by atoms with Crippen LogP contribution in [0.2, 0.25) is 0 Å².